The molecule has 0 fully saturated rings. The number of rotatable bonds is 3. The van der Waals surface area contributed by atoms with Gasteiger partial charge in [-0.2, -0.15) is 0 Å². The molecule has 2 aromatic rings. The lowest BCUT2D eigenvalue weighted by atomic mass is 9.97. The first-order chi connectivity index (χ1) is 7.31. The number of hydrogen-bond acceptors (Lipinski definition) is 4. The summed E-state index contributed by atoms with van der Waals surface area (Å²) in [6, 6.07) is 10.2. The normalized spacial score (nSPS) is 12.6. The van der Waals surface area contributed by atoms with Crippen molar-refractivity contribution in [3.05, 3.63) is 41.8 Å². The molecule has 15 heavy (non-hydrogen) atoms. The molecular formula is C11H13N3O. The third-order valence-electron chi connectivity index (χ3n) is 2.36. The minimum absolute atomic E-state index is 0.124. The highest BCUT2D eigenvalue weighted by molar-refractivity contribution is 5.24. The number of anilines is 1. The Morgan fingerprint density at radius 3 is 2.53 bits per heavy atom. The Hall–Kier alpha value is -1.84. The maximum Gasteiger partial charge on any atom is 0.312 e. The quantitative estimate of drug-likeness (QED) is 0.830. The number of aromatic nitrogens is 2. The molecule has 0 saturated carbocycles. The van der Waals surface area contributed by atoms with E-state index in [-0.39, 0.29) is 11.9 Å². The van der Waals surface area contributed by atoms with Crippen LogP contribution in [0.15, 0.2) is 34.7 Å². The van der Waals surface area contributed by atoms with Gasteiger partial charge in [-0.3, -0.25) is 0 Å². The Balaban J connectivity index is 2.33. The first kappa shape index (κ1) is 9.71. The molecule has 0 aliphatic heterocycles. The molecule has 0 spiro atoms. The van der Waals surface area contributed by atoms with Gasteiger partial charge in [0.2, 0.25) is 5.89 Å². The Bertz CT molecular complexity index is 424. The smallest absolute Gasteiger partial charge is 0.312 e. The minimum Gasteiger partial charge on any atom is -0.408 e. The van der Waals surface area contributed by atoms with E-state index in [4.69, 9.17) is 10.2 Å². The molecule has 0 radical (unpaired) electrons. The number of nitrogen functional groups attached to an aromatic ring is 1. The van der Waals surface area contributed by atoms with E-state index in [1.54, 1.807) is 0 Å². The van der Waals surface area contributed by atoms with E-state index in [2.05, 4.69) is 29.3 Å². The van der Waals surface area contributed by atoms with Crippen molar-refractivity contribution >= 4 is 6.01 Å². The molecule has 78 valence electrons. The van der Waals surface area contributed by atoms with E-state index in [9.17, 15) is 0 Å². The third-order valence-corrected chi connectivity index (χ3v) is 2.36. The van der Waals surface area contributed by atoms with Crippen LogP contribution in [0, 0.1) is 0 Å². The lowest BCUT2D eigenvalue weighted by Crippen LogP contribution is -1.99. The van der Waals surface area contributed by atoms with Crippen molar-refractivity contribution in [2.24, 2.45) is 0 Å². The number of nitrogens with two attached hydrogens (primary N) is 1. The van der Waals surface area contributed by atoms with E-state index in [0.717, 1.165) is 6.42 Å². The van der Waals surface area contributed by atoms with Gasteiger partial charge in [0.25, 0.3) is 0 Å². The molecule has 0 amide bonds. The summed E-state index contributed by atoms with van der Waals surface area (Å²) in [4.78, 5) is 0. The largest absolute Gasteiger partial charge is 0.408 e. The number of benzene rings is 1. The molecule has 1 atom stereocenters. The first-order valence-corrected chi connectivity index (χ1v) is 4.95. The van der Waals surface area contributed by atoms with Crippen LogP contribution < -0.4 is 5.73 Å². The highest BCUT2D eigenvalue weighted by atomic mass is 16.4. The van der Waals surface area contributed by atoms with E-state index < -0.39 is 0 Å². The number of nitrogens with zero attached hydrogens (tertiary/aromatic N) is 2. The standard InChI is InChI=1S/C11H13N3O/c1-2-9(8-6-4-3-5-7-8)10-13-14-11(12)15-10/h3-7,9H,2H2,1H3,(H2,12,14). The SMILES string of the molecule is CCC(c1ccccc1)c1nnc(N)o1. The van der Waals surface area contributed by atoms with Crippen molar-refractivity contribution in [1.29, 1.82) is 0 Å². The second-order valence-corrected chi connectivity index (χ2v) is 3.35. The van der Waals surface area contributed by atoms with Gasteiger partial charge in [-0.25, -0.2) is 0 Å². The molecule has 1 unspecified atom stereocenters. The third kappa shape index (κ3) is 1.98. The van der Waals surface area contributed by atoms with Gasteiger partial charge in [-0.1, -0.05) is 42.4 Å². The summed E-state index contributed by atoms with van der Waals surface area (Å²) in [5, 5.41) is 7.59. The fourth-order valence-corrected chi connectivity index (χ4v) is 1.63. The van der Waals surface area contributed by atoms with Crippen LogP contribution in [-0.4, -0.2) is 10.2 Å². The lowest BCUT2D eigenvalue weighted by Gasteiger charge is -2.09. The van der Waals surface area contributed by atoms with Crippen LogP contribution in [0.3, 0.4) is 0 Å². The van der Waals surface area contributed by atoms with Crippen molar-refractivity contribution in [1.82, 2.24) is 10.2 Å². The molecule has 1 aromatic heterocycles. The molecule has 0 bridgehead atoms. The maximum atomic E-state index is 5.41. The van der Waals surface area contributed by atoms with Gasteiger partial charge in [0, 0.05) is 0 Å². The molecule has 2 rings (SSSR count). The minimum atomic E-state index is 0.124. The zero-order chi connectivity index (χ0) is 10.7. The molecule has 0 aliphatic rings. The predicted octanol–water partition coefficient (Wildman–Crippen LogP) is 2.19. The van der Waals surface area contributed by atoms with Crippen LogP contribution in [0.1, 0.15) is 30.7 Å². The molecule has 2 N–H and O–H groups in total. The molecule has 4 nitrogen and oxygen atoms in total. The highest BCUT2D eigenvalue weighted by Gasteiger charge is 2.17. The van der Waals surface area contributed by atoms with Crippen LogP contribution in [0.4, 0.5) is 6.01 Å². The summed E-state index contributed by atoms with van der Waals surface area (Å²) in [6.07, 6.45) is 0.908. The maximum absolute atomic E-state index is 5.41. The highest BCUT2D eigenvalue weighted by Crippen LogP contribution is 2.26. The fraction of sp³-hybridized carbons (Fsp3) is 0.273. The molecule has 4 heteroatoms. The molecular weight excluding hydrogens is 190 g/mol. The summed E-state index contributed by atoms with van der Waals surface area (Å²) < 4.78 is 5.25. The Morgan fingerprint density at radius 1 is 1.27 bits per heavy atom. The Morgan fingerprint density at radius 2 is 2.00 bits per heavy atom. The summed E-state index contributed by atoms with van der Waals surface area (Å²) in [7, 11) is 0. The summed E-state index contributed by atoms with van der Waals surface area (Å²) >= 11 is 0. The van der Waals surface area contributed by atoms with Crippen LogP contribution >= 0.6 is 0 Å². The topological polar surface area (TPSA) is 64.9 Å². The second kappa shape index (κ2) is 4.13. The fourth-order valence-electron chi connectivity index (χ4n) is 1.63. The van der Waals surface area contributed by atoms with E-state index in [1.807, 2.05) is 18.2 Å². The van der Waals surface area contributed by atoms with Gasteiger partial charge in [0.15, 0.2) is 0 Å². The van der Waals surface area contributed by atoms with E-state index >= 15 is 0 Å². The molecule has 1 heterocycles. The Kier molecular flexibility index (Phi) is 2.67. The van der Waals surface area contributed by atoms with Crippen LogP contribution in [-0.2, 0) is 0 Å². The van der Waals surface area contributed by atoms with Crippen molar-refractivity contribution in [3.63, 3.8) is 0 Å². The average molecular weight is 203 g/mol. The van der Waals surface area contributed by atoms with Crippen molar-refractivity contribution in [2.45, 2.75) is 19.3 Å². The summed E-state index contributed by atoms with van der Waals surface area (Å²) in [5.74, 6) is 0.720. The Labute approximate surface area is 88.1 Å². The van der Waals surface area contributed by atoms with Crippen molar-refractivity contribution < 1.29 is 4.42 Å². The van der Waals surface area contributed by atoms with Gasteiger partial charge in [-0.05, 0) is 12.0 Å². The first-order valence-electron chi connectivity index (χ1n) is 4.95. The zero-order valence-corrected chi connectivity index (χ0v) is 8.55. The van der Waals surface area contributed by atoms with Crippen LogP contribution in [0.5, 0.6) is 0 Å². The molecule has 1 aromatic carbocycles. The predicted molar refractivity (Wildman–Crippen MR) is 57.3 cm³/mol. The number of hydrogen-bond donors (Lipinski definition) is 1. The van der Waals surface area contributed by atoms with E-state index in [1.165, 1.54) is 5.56 Å². The lowest BCUT2D eigenvalue weighted by molar-refractivity contribution is 0.477. The molecule has 0 aliphatic carbocycles. The van der Waals surface area contributed by atoms with Crippen molar-refractivity contribution in [3.8, 4) is 0 Å². The van der Waals surface area contributed by atoms with Gasteiger partial charge in [0.05, 0.1) is 5.92 Å². The van der Waals surface area contributed by atoms with Gasteiger partial charge in [-0.15, -0.1) is 5.10 Å². The van der Waals surface area contributed by atoms with Gasteiger partial charge in [0.1, 0.15) is 0 Å². The molecule has 0 saturated heterocycles. The second-order valence-electron chi connectivity index (χ2n) is 3.35. The van der Waals surface area contributed by atoms with Crippen LogP contribution in [0.25, 0.3) is 0 Å². The summed E-state index contributed by atoms with van der Waals surface area (Å²) in [6.45, 7) is 2.08. The summed E-state index contributed by atoms with van der Waals surface area (Å²) in [5.41, 5.74) is 6.58. The van der Waals surface area contributed by atoms with Crippen LogP contribution in [0.2, 0.25) is 0 Å². The zero-order valence-electron chi connectivity index (χ0n) is 8.55. The van der Waals surface area contributed by atoms with Gasteiger partial charge >= 0.3 is 6.01 Å². The average Bonchev–Trinajstić information content (AvgIpc) is 2.68. The van der Waals surface area contributed by atoms with Gasteiger partial charge < -0.3 is 10.2 Å². The van der Waals surface area contributed by atoms with Crippen molar-refractivity contribution in [2.75, 3.05) is 5.73 Å². The monoisotopic (exact) mass is 203 g/mol. The van der Waals surface area contributed by atoms with E-state index in [0.29, 0.717) is 5.89 Å².